The Hall–Kier alpha value is -0.610. The molecule has 1 heterocycles. The fourth-order valence-electron chi connectivity index (χ4n) is 2.40. The minimum Gasteiger partial charge on any atom is -0.373 e. The minimum absolute atomic E-state index is 0.00798. The van der Waals surface area contributed by atoms with Crippen LogP contribution in [0.15, 0.2) is 0 Å². The highest BCUT2D eigenvalue weighted by molar-refractivity contribution is 5.78. The first kappa shape index (κ1) is 15.4. The Morgan fingerprint density at radius 2 is 2.22 bits per heavy atom. The maximum Gasteiger partial charge on any atom is 0.225 e. The molecular weight excluding hydrogens is 228 g/mol. The molecule has 1 saturated heterocycles. The molecule has 1 fully saturated rings. The lowest BCUT2D eigenvalue weighted by atomic mass is 9.97. The Labute approximate surface area is 111 Å². The van der Waals surface area contributed by atoms with Crippen molar-refractivity contribution in [2.24, 2.45) is 11.7 Å². The van der Waals surface area contributed by atoms with Crippen LogP contribution >= 0.6 is 0 Å². The van der Waals surface area contributed by atoms with E-state index in [1.807, 2.05) is 11.8 Å². The van der Waals surface area contributed by atoms with Crippen molar-refractivity contribution >= 4 is 5.91 Å². The zero-order valence-corrected chi connectivity index (χ0v) is 12.0. The van der Waals surface area contributed by atoms with E-state index in [9.17, 15) is 4.79 Å². The number of unbranched alkanes of at least 4 members (excludes halogenated alkanes) is 1. The SMILES string of the molecule is CCCCC(CC)C(=O)N1CCOC(C(C)N)C1. The summed E-state index contributed by atoms with van der Waals surface area (Å²) >= 11 is 0. The average molecular weight is 256 g/mol. The number of rotatable bonds is 6. The molecule has 18 heavy (non-hydrogen) atoms. The van der Waals surface area contributed by atoms with Gasteiger partial charge < -0.3 is 15.4 Å². The number of hydrogen-bond acceptors (Lipinski definition) is 3. The summed E-state index contributed by atoms with van der Waals surface area (Å²) in [4.78, 5) is 14.4. The van der Waals surface area contributed by atoms with E-state index < -0.39 is 0 Å². The van der Waals surface area contributed by atoms with Crippen LogP contribution in [0.25, 0.3) is 0 Å². The number of carbonyl (C=O) groups is 1. The lowest BCUT2D eigenvalue weighted by Gasteiger charge is -2.36. The lowest BCUT2D eigenvalue weighted by molar-refractivity contribution is -0.144. The van der Waals surface area contributed by atoms with Crippen LogP contribution in [0.3, 0.4) is 0 Å². The highest BCUT2D eigenvalue weighted by atomic mass is 16.5. The average Bonchev–Trinajstić information content (AvgIpc) is 2.39. The Kier molecular flexibility index (Phi) is 6.65. The second-order valence-electron chi connectivity index (χ2n) is 5.30. The van der Waals surface area contributed by atoms with Crippen LogP contribution in [0.5, 0.6) is 0 Å². The molecule has 0 saturated carbocycles. The van der Waals surface area contributed by atoms with Crippen LogP contribution in [-0.4, -0.2) is 42.6 Å². The highest BCUT2D eigenvalue weighted by Crippen LogP contribution is 2.18. The second-order valence-corrected chi connectivity index (χ2v) is 5.30. The number of amides is 1. The van der Waals surface area contributed by atoms with Gasteiger partial charge in [0.1, 0.15) is 0 Å². The van der Waals surface area contributed by atoms with Gasteiger partial charge >= 0.3 is 0 Å². The van der Waals surface area contributed by atoms with Crippen LogP contribution in [0, 0.1) is 5.92 Å². The quantitative estimate of drug-likeness (QED) is 0.788. The van der Waals surface area contributed by atoms with Crippen LogP contribution in [0.4, 0.5) is 0 Å². The summed E-state index contributed by atoms with van der Waals surface area (Å²) in [6.07, 6.45) is 4.21. The van der Waals surface area contributed by atoms with Crippen LogP contribution in [-0.2, 0) is 9.53 Å². The van der Waals surface area contributed by atoms with Gasteiger partial charge in [0, 0.05) is 25.0 Å². The maximum atomic E-state index is 12.4. The van der Waals surface area contributed by atoms with E-state index >= 15 is 0 Å². The molecule has 0 aromatic rings. The van der Waals surface area contributed by atoms with E-state index in [1.54, 1.807) is 0 Å². The van der Waals surface area contributed by atoms with Crippen molar-refractivity contribution in [2.45, 2.75) is 58.6 Å². The van der Waals surface area contributed by atoms with Crippen LogP contribution in [0.1, 0.15) is 46.5 Å². The molecule has 0 aliphatic carbocycles. The molecule has 3 atom stereocenters. The molecule has 1 rings (SSSR count). The van der Waals surface area contributed by atoms with E-state index in [4.69, 9.17) is 10.5 Å². The van der Waals surface area contributed by atoms with Gasteiger partial charge in [-0.3, -0.25) is 4.79 Å². The summed E-state index contributed by atoms with van der Waals surface area (Å²) < 4.78 is 5.60. The molecule has 1 aliphatic rings. The summed E-state index contributed by atoms with van der Waals surface area (Å²) in [5, 5.41) is 0. The zero-order valence-electron chi connectivity index (χ0n) is 12.0. The first-order valence-corrected chi connectivity index (χ1v) is 7.26. The van der Waals surface area contributed by atoms with Gasteiger partial charge in [0.2, 0.25) is 5.91 Å². The maximum absolute atomic E-state index is 12.4. The second kappa shape index (κ2) is 7.74. The number of carbonyl (C=O) groups excluding carboxylic acids is 1. The van der Waals surface area contributed by atoms with Crippen molar-refractivity contribution < 1.29 is 9.53 Å². The largest absolute Gasteiger partial charge is 0.373 e. The molecule has 1 amide bonds. The summed E-state index contributed by atoms with van der Waals surface area (Å²) in [6, 6.07) is -0.0173. The number of morpholine rings is 1. The van der Waals surface area contributed by atoms with Crippen molar-refractivity contribution in [2.75, 3.05) is 19.7 Å². The molecule has 2 N–H and O–H groups in total. The fraction of sp³-hybridized carbons (Fsp3) is 0.929. The van der Waals surface area contributed by atoms with Crippen molar-refractivity contribution in [3.05, 3.63) is 0 Å². The number of nitrogens with zero attached hydrogens (tertiary/aromatic N) is 1. The number of ether oxygens (including phenoxy) is 1. The molecule has 0 radical (unpaired) electrons. The third-order valence-electron chi connectivity index (χ3n) is 3.74. The fourth-order valence-corrected chi connectivity index (χ4v) is 2.40. The first-order valence-electron chi connectivity index (χ1n) is 7.26. The van der Waals surface area contributed by atoms with Gasteiger partial charge in [-0.2, -0.15) is 0 Å². The Balaban J connectivity index is 2.53. The van der Waals surface area contributed by atoms with Crippen LogP contribution < -0.4 is 5.73 Å². The smallest absolute Gasteiger partial charge is 0.225 e. The molecule has 0 aromatic carbocycles. The molecule has 0 aromatic heterocycles. The number of nitrogens with two attached hydrogens (primary N) is 1. The first-order chi connectivity index (χ1) is 8.60. The normalized spacial score (nSPS) is 23.8. The summed E-state index contributed by atoms with van der Waals surface area (Å²) in [7, 11) is 0. The van der Waals surface area contributed by atoms with Crippen molar-refractivity contribution in [1.29, 1.82) is 0 Å². The van der Waals surface area contributed by atoms with Gasteiger partial charge in [0.15, 0.2) is 0 Å². The van der Waals surface area contributed by atoms with Gasteiger partial charge in [-0.1, -0.05) is 26.7 Å². The third kappa shape index (κ3) is 4.25. The van der Waals surface area contributed by atoms with E-state index in [1.165, 1.54) is 0 Å². The van der Waals surface area contributed by atoms with E-state index in [2.05, 4.69) is 13.8 Å². The molecular formula is C14H28N2O2. The van der Waals surface area contributed by atoms with Crippen LogP contribution in [0.2, 0.25) is 0 Å². The molecule has 1 aliphatic heterocycles. The molecule has 0 bridgehead atoms. The number of hydrogen-bond donors (Lipinski definition) is 1. The minimum atomic E-state index is -0.0173. The van der Waals surface area contributed by atoms with Gasteiger partial charge in [-0.25, -0.2) is 0 Å². The highest BCUT2D eigenvalue weighted by Gasteiger charge is 2.29. The molecule has 4 heteroatoms. The topological polar surface area (TPSA) is 55.6 Å². The van der Waals surface area contributed by atoms with E-state index in [0.29, 0.717) is 25.6 Å². The van der Waals surface area contributed by atoms with Gasteiger partial charge in [-0.05, 0) is 19.8 Å². The predicted molar refractivity (Wildman–Crippen MR) is 73.3 cm³/mol. The van der Waals surface area contributed by atoms with Gasteiger partial charge in [-0.15, -0.1) is 0 Å². The molecule has 3 unspecified atom stereocenters. The Morgan fingerprint density at radius 1 is 1.50 bits per heavy atom. The summed E-state index contributed by atoms with van der Waals surface area (Å²) in [6.45, 7) is 8.18. The van der Waals surface area contributed by atoms with E-state index in [-0.39, 0.29) is 18.1 Å². The molecule has 106 valence electrons. The lowest BCUT2D eigenvalue weighted by Crippen LogP contribution is -2.52. The van der Waals surface area contributed by atoms with Gasteiger partial charge in [0.05, 0.1) is 12.7 Å². The van der Waals surface area contributed by atoms with Crippen molar-refractivity contribution in [3.8, 4) is 0 Å². The Bertz CT molecular complexity index is 256. The summed E-state index contributed by atoms with van der Waals surface area (Å²) in [5.41, 5.74) is 5.86. The zero-order chi connectivity index (χ0) is 13.5. The standard InChI is InChI=1S/C14H28N2O2/c1-4-6-7-12(5-2)14(17)16-8-9-18-13(10-16)11(3)15/h11-13H,4-10,15H2,1-3H3. The van der Waals surface area contributed by atoms with Crippen molar-refractivity contribution in [3.63, 3.8) is 0 Å². The molecule has 4 nitrogen and oxygen atoms in total. The molecule has 0 spiro atoms. The summed E-state index contributed by atoms with van der Waals surface area (Å²) in [5.74, 6) is 0.469. The predicted octanol–water partition coefficient (Wildman–Crippen LogP) is 1.78. The monoisotopic (exact) mass is 256 g/mol. The Morgan fingerprint density at radius 3 is 2.78 bits per heavy atom. The van der Waals surface area contributed by atoms with Gasteiger partial charge in [0.25, 0.3) is 0 Å². The van der Waals surface area contributed by atoms with Crippen molar-refractivity contribution in [1.82, 2.24) is 4.90 Å². The third-order valence-corrected chi connectivity index (χ3v) is 3.74. The van der Waals surface area contributed by atoms with E-state index in [0.717, 1.165) is 25.7 Å².